The molecule has 0 aliphatic heterocycles. The highest BCUT2D eigenvalue weighted by Crippen LogP contribution is 2.29. The lowest BCUT2D eigenvalue weighted by Gasteiger charge is -2.24. The molecule has 1 aromatic carbocycles. The third-order valence-electron chi connectivity index (χ3n) is 5.41. The molecule has 1 amide bonds. The fraction of sp³-hybridized carbons (Fsp3) is 0.393. The van der Waals surface area contributed by atoms with Crippen LogP contribution in [-0.4, -0.2) is 64.7 Å². The number of ether oxygens (including phenoxy) is 3. The second-order valence-corrected chi connectivity index (χ2v) is 11.5. The Kier molecular flexibility index (Phi) is 9.01. The second kappa shape index (κ2) is 12.5. The Balaban J connectivity index is 1.46. The predicted octanol–water partition coefficient (Wildman–Crippen LogP) is 4.82. The quantitative estimate of drug-likeness (QED) is 0.256. The molecule has 4 rings (SSSR count). The first-order valence-corrected chi connectivity index (χ1v) is 13.3. The summed E-state index contributed by atoms with van der Waals surface area (Å²) in [6, 6.07) is 5.84. The number of pyridine rings is 1. The zero-order valence-electron chi connectivity index (χ0n) is 24.5. The highest BCUT2D eigenvalue weighted by molar-refractivity contribution is 5.73. The number of tetrazole rings is 1. The minimum atomic E-state index is -0.825. The summed E-state index contributed by atoms with van der Waals surface area (Å²) in [6.07, 6.45) is 1.97. The van der Waals surface area contributed by atoms with Crippen LogP contribution in [-0.2, 0) is 20.8 Å². The summed E-state index contributed by atoms with van der Waals surface area (Å²) in [4.78, 5) is 30.0. The molecule has 0 aliphatic carbocycles. The molecule has 0 saturated carbocycles. The molecule has 1 atom stereocenters. The van der Waals surface area contributed by atoms with E-state index in [1.54, 1.807) is 47.6 Å². The van der Waals surface area contributed by atoms with Gasteiger partial charge in [-0.05, 0) is 71.0 Å². The van der Waals surface area contributed by atoms with Gasteiger partial charge in [0.1, 0.15) is 22.8 Å². The number of esters is 1. The van der Waals surface area contributed by atoms with Crippen LogP contribution in [0.5, 0.6) is 11.6 Å². The molecule has 43 heavy (non-hydrogen) atoms. The highest BCUT2D eigenvalue weighted by atomic mass is 19.1. The van der Waals surface area contributed by atoms with Crippen molar-refractivity contribution in [2.24, 2.45) is 0 Å². The lowest BCUT2D eigenvalue weighted by molar-refractivity contribution is -0.155. The van der Waals surface area contributed by atoms with Gasteiger partial charge in [-0.2, -0.15) is 9.90 Å². The Labute approximate surface area is 245 Å². The van der Waals surface area contributed by atoms with Gasteiger partial charge in [0.15, 0.2) is 5.82 Å². The zero-order chi connectivity index (χ0) is 31.4. The smallest absolute Gasteiger partial charge is 0.407 e. The van der Waals surface area contributed by atoms with Gasteiger partial charge in [0.2, 0.25) is 5.82 Å². The molecular formula is C28H32F2N8O5. The Bertz CT molecular complexity index is 1550. The summed E-state index contributed by atoms with van der Waals surface area (Å²) in [5.74, 6) is -2.48. The van der Waals surface area contributed by atoms with Crippen molar-refractivity contribution in [1.29, 1.82) is 0 Å². The largest absolute Gasteiger partial charge is 0.460 e. The minimum absolute atomic E-state index is 0.00619. The third-order valence-corrected chi connectivity index (χ3v) is 5.41. The van der Waals surface area contributed by atoms with Crippen LogP contribution in [0, 0.1) is 11.6 Å². The van der Waals surface area contributed by atoms with Gasteiger partial charge in [-0.15, -0.1) is 10.2 Å². The second-order valence-electron chi connectivity index (χ2n) is 11.5. The number of carbonyl (C=O) groups excluding carboxylic acids is 2. The molecule has 0 spiro atoms. The Morgan fingerprint density at radius 2 is 1.77 bits per heavy atom. The van der Waals surface area contributed by atoms with Gasteiger partial charge in [-0.3, -0.25) is 9.89 Å². The molecule has 0 radical (unpaired) electrons. The number of nitrogens with one attached hydrogen (secondary N) is 2. The monoisotopic (exact) mass is 598 g/mol. The highest BCUT2D eigenvalue weighted by Gasteiger charge is 2.26. The Hall–Kier alpha value is -4.95. The first-order valence-electron chi connectivity index (χ1n) is 13.3. The van der Waals surface area contributed by atoms with Crippen molar-refractivity contribution in [3.63, 3.8) is 0 Å². The van der Waals surface area contributed by atoms with Crippen molar-refractivity contribution in [1.82, 2.24) is 40.7 Å². The molecule has 0 fully saturated rings. The molecule has 3 aromatic heterocycles. The van der Waals surface area contributed by atoms with Crippen molar-refractivity contribution in [3.05, 3.63) is 54.4 Å². The number of rotatable bonds is 9. The maximum absolute atomic E-state index is 15.1. The van der Waals surface area contributed by atoms with Crippen molar-refractivity contribution in [2.75, 3.05) is 0 Å². The van der Waals surface area contributed by atoms with Gasteiger partial charge in [0.05, 0.1) is 30.3 Å². The number of alkyl carbamates (subject to hydrolysis) is 1. The van der Waals surface area contributed by atoms with E-state index >= 15 is 4.39 Å². The van der Waals surface area contributed by atoms with E-state index in [2.05, 4.69) is 35.9 Å². The number of hydrogen-bond acceptors (Lipinski definition) is 10. The lowest BCUT2D eigenvalue weighted by Crippen LogP contribution is -2.43. The minimum Gasteiger partial charge on any atom is -0.460 e. The molecule has 0 bridgehead atoms. The Morgan fingerprint density at radius 3 is 2.40 bits per heavy atom. The van der Waals surface area contributed by atoms with Crippen LogP contribution in [0.25, 0.3) is 22.6 Å². The SMILES string of the molecule is CC(C)(C)OC(=O)C[C@@H](Cn1nnc(-c2ccc(Oc3ncc(-c4ccn[nH]4)cc3F)cc2F)n1)NC(=O)OC(C)(C)C. The number of nitrogens with zero attached hydrogens (tertiary/aromatic N) is 6. The molecule has 4 aromatic rings. The van der Waals surface area contributed by atoms with Crippen LogP contribution < -0.4 is 10.1 Å². The number of benzene rings is 1. The van der Waals surface area contributed by atoms with Crippen LogP contribution >= 0.6 is 0 Å². The van der Waals surface area contributed by atoms with Gasteiger partial charge in [0.25, 0.3) is 5.88 Å². The maximum atomic E-state index is 15.1. The molecule has 0 saturated heterocycles. The fourth-order valence-electron chi connectivity index (χ4n) is 3.76. The number of aromatic amines is 1. The summed E-state index contributed by atoms with van der Waals surface area (Å²) in [7, 11) is 0. The van der Waals surface area contributed by atoms with E-state index in [1.165, 1.54) is 30.6 Å². The fourth-order valence-corrected chi connectivity index (χ4v) is 3.76. The summed E-state index contributed by atoms with van der Waals surface area (Å²) in [6.45, 7) is 10.2. The summed E-state index contributed by atoms with van der Waals surface area (Å²) in [5.41, 5.74) is -0.466. The number of aromatic nitrogens is 7. The normalized spacial score (nSPS) is 12.5. The molecule has 0 unspecified atom stereocenters. The number of carbonyl (C=O) groups is 2. The molecular weight excluding hydrogens is 566 g/mol. The maximum Gasteiger partial charge on any atom is 0.407 e. The average molecular weight is 599 g/mol. The topological polar surface area (TPSA) is 159 Å². The Morgan fingerprint density at radius 1 is 1.02 bits per heavy atom. The van der Waals surface area contributed by atoms with E-state index in [4.69, 9.17) is 14.2 Å². The molecule has 0 aliphatic rings. The van der Waals surface area contributed by atoms with E-state index in [1.807, 2.05) is 0 Å². The summed E-state index contributed by atoms with van der Waals surface area (Å²) >= 11 is 0. The van der Waals surface area contributed by atoms with Crippen LogP contribution in [0.15, 0.2) is 42.7 Å². The number of amides is 1. The van der Waals surface area contributed by atoms with Crippen LogP contribution in [0.4, 0.5) is 13.6 Å². The first-order chi connectivity index (χ1) is 20.1. The van der Waals surface area contributed by atoms with Gasteiger partial charge in [0, 0.05) is 24.0 Å². The van der Waals surface area contributed by atoms with Crippen LogP contribution in [0.1, 0.15) is 48.0 Å². The van der Waals surface area contributed by atoms with Crippen molar-refractivity contribution < 1.29 is 32.6 Å². The van der Waals surface area contributed by atoms with Crippen molar-refractivity contribution in [3.8, 4) is 34.3 Å². The van der Waals surface area contributed by atoms with E-state index in [9.17, 15) is 14.0 Å². The lowest BCUT2D eigenvalue weighted by atomic mass is 10.1. The molecule has 3 heterocycles. The number of hydrogen-bond donors (Lipinski definition) is 2. The summed E-state index contributed by atoms with van der Waals surface area (Å²) < 4.78 is 45.8. The van der Waals surface area contributed by atoms with E-state index in [0.29, 0.717) is 11.3 Å². The number of halogens is 2. The molecule has 13 nitrogen and oxygen atoms in total. The van der Waals surface area contributed by atoms with E-state index < -0.39 is 40.9 Å². The van der Waals surface area contributed by atoms with Crippen LogP contribution in [0.3, 0.4) is 0 Å². The van der Waals surface area contributed by atoms with Gasteiger partial charge < -0.3 is 19.5 Å². The van der Waals surface area contributed by atoms with Gasteiger partial charge in [-0.25, -0.2) is 18.6 Å². The first kappa shape index (κ1) is 31.0. The molecule has 228 valence electrons. The van der Waals surface area contributed by atoms with Crippen LogP contribution in [0.2, 0.25) is 0 Å². The van der Waals surface area contributed by atoms with Gasteiger partial charge in [-0.1, -0.05) is 0 Å². The number of H-pyrrole nitrogens is 1. The zero-order valence-corrected chi connectivity index (χ0v) is 24.5. The molecule has 2 N–H and O–H groups in total. The molecule has 15 heteroatoms. The standard InChI is InChI=1S/C28H32F2N8O5/c1-27(2,3)42-23(39)12-17(33-26(40)43-28(4,5)6)15-38-36-24(35-37-38)19-8-7-18(13-20(19)29)41-25-21(30)11-16(14-31-25)22-9-10-32-34-22/h7-11,13-14,17H,12,15H2,1-6H3,(H,32,34)(H,33,40)/t17-/m0/s1. The summed E-state index contributed by atoms with van der Waals surface area (Å²) in [5, 5.41) is 21.2. The van der Waals surface area contributed by atoms with Gasteiger partial charge >= 0.3 is 12.1 Å². The van der Waals surface area contributed by atoms with Crippen molar-refractivity contribution >= 4 is 12.1 Å². The average Bonchev–Trinajstić information content (AvgIpc) is 3.56. The third kappa shape index (κ3) is 9.02. The van der Waals surface area contributed by atoms with Crippen molar-refractivity contribution in [2.45, 2.75) is 71.8 Å². The van der Waals surface area contributed by atoms with E-state index in [-0.39, 0.29) is 36.0 Å². The predicted molar refractivity (Wildman–Crippen MR) is 149 cm³/mol. The van der Waals surface area contributed by atoms with E-state index in [0.717, 1.165) is 10.9 Å².